The summed E-state index contributed by atoms with van der Waals surface area (Å²) in [6.45, 7) is 12.3. The van der Waals surface area contributed by atoms with E-state index in [-0.39, 0.29) is 39.4 Å². The van der Waals surface area contributed by atoms with Crippen molar-refractivity contribution in [1.29, 1.82) is 0 Å². The molecule has 1 saturated heterocycles. The molecule has 11 nitrogen and oxygen atoms in total. The van der Waals surface area contributed by atoms with Gasteiger partial charge in [0.05, 0.1) is 0 Å². The highest BCUT2D eigenvalue weighted by Crippen LogP contribution is 2.68. The number of hydrogen-bond donors (Lipinski definition) is 2. The molecule has 39 heavy (non-hydrogen) atoms. The molecule has 2 aromatic heterocycles. The van der Waals surface area contributed by atoms with Gasteiger partial charge in [0, 0.05) is 38.6 Å². The van der Waals surface area contributed by atoms with E-state index in [4.69, 9.17) is 16.7 Å². The van der Waals surface area contributed by atoms with Gasteiger partial charge in [-0.1, -0.05) is 52.1 Å². The lowest BCUT2D eigenvalue weighted by Crippen LogP contribution is -2.50. The first-order chi connectivity index (χ1) is 18.4. The average molecular weight is 558 g/mol. The van der Waals surface area contributed by atoms with E-state index in [1.54, 1.807) is 6.07 Å². The number of nitrogens with one attached hydrogen (secondary N) is 1. The summed E-state index contributed by atoms with van der Waals surface area (Å²) in [6, 6.07) is 6.25. The molecule has 2 amide bonds. The van der Waals surface area contributed by atoms with E-state index in [2.05, 4.69) is 58.3 Å². The number of amides is 2. The highest BCUT2D eigenvalue weighted by molar-refractivity contribution is 6.29. The van der Waals surface area contributed by atoms with Gasteiger partial charge in [-0.25, -0.2) is 4.79 Å². The lowest BCUT2D eigenvalue weighted by atomic mass is 10.0. The lowest BCUT2D eigenvalue weighted by Gasteiger charge is -2.35. The van der Waals surface area contributed by atoms with Gasteiger partial charge in [0.2, 0.25) is 5.91 Å². The molecular weight excluding hydrogens is 522 g/mol. The van der Waals surface area contributed by atoms with E-state index < -0.39 is 5.97 Å². The minimum absolute atomic E-state index is 0.0712. The van der Waals surface area contributed by atoms with Crippen LogP contribution < -0.4 is 10.2 Å². The van der Waals surface area contributed by atoms with Crippen LogP contribution in [0.15, 0.2) is 24.3 Å². The maximum atomic E-state index is 12.9. The number of aromatic carboxylic acids is 1. The molecule has 0 spiro atoms. The molecular formula is C27H36ClN7O4. The van der Waals surface area contributed by atoms with Crippen molar-refractivity contribution in [3.63, 3.8) is 0 Å². The quantitative estimate of drug-likeness (QED) is 0.525. The Labute approximate surface area is 233 Å². The van der Waals surface area contributed by atoms with Crippen LogP contribution in [-0.4, -0.2) is 80.9 Å². The van der Waals surface area contributed by atoms with E-state index in [1.807, 2.05) is 11.0 Å². The summed E-state index contributed by atoms with van der Waals surface area (Å²) in [5.74, 6) is 0.687. The Morgan fingerprint density at radius 1 is 0.923 bits per heavy atom. The molecule has 0 atom stereocenters. The van der Waals surface area contributed by atoms with Crippen molar-refractivity contribution in [2.75, 3.05) is 37.6 Å². The topological polar surface area (TPSA) is 142 Å². The third-order valence-corrected chi connectivity index (χ3v) is 8.65. The number of nitrogens with zero attached hydrogens (tertiary/aromatic N) is 6. The Hall–Kier alpha value is -3.34. The van der Waals surface area contributed by atoms with Crippen molar-refractivity contribution in [1.82, 2.24) is 30.6 Å². The lowest BCUT2D eigenvalue weighted by molar-refractivity contribution is -0.134. The molecule has 3 heterocycles. The molecule has 12 heteroatoms. The van der Waals surface area contributed by atoms with Crippen LogP contribution in [0, 0.1) is 22.7 Å². The Kier molecular flexibility index (Phi) is 8.39. The molecule has 2 saturated carbocycles. The SMILES string of the molecule is CC1(C)C(C(=O)N2CCN(c3ccc(C(=O)NCCC4CC4)nn3)CC2)C1(C)C.O=C(O)c1ccc(Cl)nn1. The van der Waals surface area contributed by atoms with Gasteiger partial charge < -0.3 is 20.2 Å². The van der Waals surface area contributed by atoms with Crippen LogP contribution in [0.25, 0.3) is 0 Å². The Bertz CT molecular complexity index is 1180. The Balaban J connectivity index is 0.000000298. The second-order valence-corrected chi connectivity index (χ2v) is 11.9. The molecule has 2 aliphatic carbocycles. The van der Waals surface area contributed by atoms with E-state index in [9.17, 15) is 14.4 Å². The predicted octanol–water partition coefficient (Wildman–Crippen LogP) is 3.17. The molecule has 0 bridgehead atoms. The number of carbonyl (C=O) groups is 3. The van der Waals surface area contributed by atoms with Crippen molar-refractivity contribution < 1.29 is 19.5 Å². The fourth-order valence-corrected chi connectivity index (χ4v) is 5.19. The normalized spacial score (nSPS) is 19.5. The summed E-state index contributed by atoms with van der Waals surface area (Å²) in [7, 11) is 0. The summed E-state index contributed by atoms with van der Waals surface area (Å²) < 4.78 is 0. The maximum Gasteiger partial charge on any atom is 0.356 e. The number of halogens is 1. The first-order valence-electron chi connectivity index (χ1n) is 13.3. The Morgan fingerprint density at radius 3 is 2.03 bits per heavy atom. The van der Waals surface area contributed by atoms with E-state index in [0.29, 0.717) is 25.3 Å². The zero-order valence-electron chi connectivity index (χ0n) is 22.9. The summed E-state index contributed by atoms with van der Waals surface area (Å²) in [6.07, 6.45) is 3.63. The maximum absolute atomic E-state index is 12.9. The second-order valence-electron chi connectivity index (χ2n) is 11.5. The predicted molar refractivity (Wildman–Crippen MR) is 146 cm³/mol. The van der Waals surface area contributed by atoms with Gasteiger partial charge in [-0.3, -0.25) is 9.59 Å². The average Bonchev–Trinajstić information content (AvgIpc) is 3.80. The number of carbonyl (C=O) groups excluding carboxylic acids is 2. The van der Waals surface area contributed by atoms with Crippen LogP contribution in [0.1, 0.15) is 67.9 Å². The van der Waals surface area contributed by atoms with Gasteiger partial charge in [-0.2, -0.15) is 0 Å². The first kappa shape index (κ1) is 28.7. The van der Waals surface area contributed by atoms with Crippen molar-refractivity contribution in [3.8, 4) is 0 Å². The third-order valence-electron chi connectivity index (χ3n) is 8.45. The first-order valence-corrected chi connectivity index (χ1v) is 13.7. The molecule has 1 aliphatic heterocycles. The molecule has 2 N–H and O–H groups in total. The van der Waals surface area contributed by atoms with Crippen LogP contribution in [0.2, 0.25) is 5.15 Å². The minimum atomic E-state index is -1.11. The number of hydrogen-bond acceptors (Lipinski definition) is 8. The summed E-state index contributed by atoms with van der Waals surface area (Å²) >= 11 is 5.35. The standard InChI is InChI=1S/C22H33N5O2.C5H3ClN2O2/c1-21(2)18(22(21,3)4)20(29)27-13-11-26(12-14-27)17-8-7-16(24-25-17)19(28)23-10-9-15-5-6-15;6-4-2-1-3(5(9)10)7-8-4/h7-8,15,18H,5-6,9-14H2,1-4H3,(H,23,28);1-2H,(H,9,10). The molecule has 3 aliphatic rings. The van der Waals surface area contributed by atoms with Crippen molar-refractivity contribution in [3.05, 3.63) is 40.8 Å². The number of carboxylic acids is 1. The smallest absolute Gasteiger partial charge is 0.356 e. The molecule has 0 aromatic carbocycles. The van der Waals surface area contributed by atoms with Gasteiger partial charge in [0.25, 0.3) is 5.91 Å². The molecule has 3 fully saturated rings. The van der Waals surface area contributed by atoms with Gasteiger partial charge in [-0.15, -0.1) is 20.4 Å². The monoisotopic (exact) mass is 557 g/mol. The second kappa shape index (κ2) is 11.4. The highest BCUT2D eigenvalue weighted by Gasteiger charge is 2.68. The van der Waals surface area contributed by atoms with Crippen LogP contribution in [0.5, 0.6) is 0 Å². The Morgan fingerprint density at radius 2 is 1.54 bits per heavy atom. The van der Waals surface area contributed by atoms with Gasteiger partial charge in [0.1, 0.15) is 0 Å². The number of rotatable bonds is 7. The number of aromatic nitrogens is 4. The van der Waals surface area contributed by atoms with E-state index in [1.165, 1.54) is 25.0 Å². The summed E-state index contributed by atoms with van der Waals surface area (Å²) in [5, 5.41) is 26.4. The zero-order chi connectivity index (χ0) is 28.4. The van der Waals surface area contributed by atoms with Gasteiger partial charge in [-0.05, 0) is 47.4 Å². The van der Waals surface area contributed by atoms with E-state index in [0.717, 1.165) is 31.2 Å². The largest absolute Gasteiger partial charge is 0.476 e. The highest BCUT2D eigenvalue weighted by atomic mass is 35.5. The summed E-state index contributed by atoms with van der Waals surface area (Å²) in [5.41, 5.74) is 0.393. The number of piperazine rings is 1. The molecule has 2 aromatic rings. The van der Waals surface area contributed by atoms with Crippen LogP contribution in [-0.2, 0) is 4.79 Å². The molecule has 5 rings (SSSR count). The van der Waals surface area contributed by atoms with Crippen molar-refractivity contribution >= 4 is 35.2 Å². The number of carboxylic acid groups (broad SMARTS) is 1. The van der Waals surface area contributed by atoms with Crippen LogP contribution in [0.3, 0.4) is 0 Å². The van der Waals surface area contributed by atoms with Gasteiger partial charge in [0.15, 0.2) is 22.4 Å². The van der Waals surface area contributed by atoms with Crippen molar-refractivity contribution in [2.24, 2.45) is 22.7 Å². The molecule has 210 valence electrons. The van der Waals surface area contributed by atoms with Crippen molar-refractivity contribution in [2.45, 2.75) is 47.0 Å². The fourth-order valence-electron chi connectivity index (χ4n) is 5.08. The molecule has 0 unspecified atom stereocenters. The third kappa shape index (κ3) is 6.63. The fraction of sp³-hybridized carbons (Fsp3) is 0.593. The molecule has 0 radical (unpaired) electrons. The van der Waals surface area contributed by atoms with E-state index >= 15 is 0 Å². The minimum Gasteiger partial charge on any atom is -0.476 e. The number of anilines is 1. The van der Waals surface area contributed by atoms with Gasteiger partial charge >= 0.3 is 5.97 Å². The van der Waals surface area contributed by atoms with Crippen LogP contribution >= 0.6 is 11.6 Å². The van der Waals surface area contributed by atoms with Crippen LogP contribution in [0.4, 0.5) is 5.82 Å². The summed E-state index contributed by atoms with van der Waals surface area (Å²) in [4.78, 5) is 39.4. The zero-order valence-corrected chi connectivity index (χ0v) is 23.6.